The van der Waals surface area contributed by atoms with Crippen molar-refractivity contribution in [3.05, 3.63) is 72.1 Å². The van der Waals surface area contributed by atoms with Gasteiger partial charge >= 0.3 is 0 Å². The zero-order valence-corrected chi connectivity index (χ0v) is 18.6. The fraction of sp³-hybridized carbons (Fsp3) is 0.174. The van der Waals surface area contributed by atoms with Crippen LogP contribution in [0.5, 0.6) is 11.5 Å². The van der Waals surface area contributed by atoms with E-state index in [2.05, 4.69) is 39.8 Å². The largest absolute Gasteiger partial charge is 0.497 e. The number of amides is 1. The number of hydrogen-bond donors (Lipinski definition) is 2. The molecule has 1 heterocycles. The van der Waals surface area contributed by atoms with Gasteiger partial charge in [0.15, 0.2) is 5.82 Å². The van der Waals surface area contributed by atoms with Crippen LogP contribution in [-0.2, 0) is 11.2 Å². The van der Waals surface area contributed by atoms with Gasteiger partial charge < -0.3 is 20.6 Å². The van der Waals surface area contributed by atoms with Gasteiger partial charge in [-0.2, -0.15) is 0 Å². The standard InChI is InChI=1S/C23H23N5O3S/c1-30-17-10-11-19(20(13-17)31-2)25-22(29)14-32-23-27-26-21(28(23)24)12-16-8-5-7-15-6-3-4-9-18(15)16/h3-11,13H,12,14,24H2,1-2H3,(H,25,29). The number of methoxy groups -OCH3 is 2. The molecule has 3 aromatic carbocycles. The van der Waals surface area contributed by atoms with Crippen molar-refractivity contribution < 1.29 is 14.3 Å². The van der Waals surface area contributed by atoms with Crippen molar-refractivity contribution in [3.63, 3.8) is 0 Å². The van der Waals surface area contributed by atoms with Crippen LogP contribution >= 0.6 is 11.8 Å². The highest BCUT2D eigenvalue weighted by Gasteiger charge is 2.15. The number of nitrogen functional groups attached to an aromatic ring is 1. The Kier molecular flexibility index (Phi) is 6.46. The van der Waals surface area contributed by atoms with E-state index in [1.165, 1.54) is 23.5 Å². The van der Waals surface area contributed by atoms with Crippen LogP contribution in [-0.4, -0.2) is 40.8 Å². The summed E-state index contributed by atoms with van der Waals surface area (Å²) in [6.07, 6.45) is 0.542. The zero-order valence-electron chi connectivity index (χ0n) is 17.7. The minimum Gasteiger partial charge on any atom is -0.497 e. The minimum absolute atomic E-state index is 0.124. The van der Waals surface area contributed by atoms with E-state index < -0.39 is 0 Å². The van der Waals surface area contributed by atoms with Gasteiger partial charge in [-0.05, 0) is 28.5 Å². The van der Waals surface area contributed by atoms with Gasteiger partial charge in [-0.1, -0.05) is 54.2 Å². The summed E-state index contributed by atoms with van der Waals surface area (Å²) in [6.45, 7) is 0. The summed E-state index contributed by atoms with van der Waals surface area (Å²) < 4.78 is 11.9. The number of ether oxygens (including phenoxy) is 2. The van der Waals surface area contributed by atoms with Crippen LogP contribution in [0.3, 0.4) is 0 Å². The van der Waals surface area contributed by atoms with E-state index in [-0.39, 0.29) is 11.7 Å². The average molecular weight is 450 g/mol. The van der Waals surface area contributed by atoms with Crippen molar-refractivity contribution in [2.75, 3.05) is 31.1 Å². The van der Waals surface area contributed by atoms with Crippen molar-refractivity contribution in [2.24, 2.45) is 0 Å². The molecule has 4 rings (SSSR count). The first-order valence-corrected chi connectivity index (χ1v) is 10.9. The fourth-order valence-electron chi connectivity index (χ4n) is 3.36. The summed E-state index contributed by atoms with van der Waals surface area (Å²) in [4.78, 5) is 12.4. The number of nitrogens with two attached hydrogens (primary N) is 1. The lowest BCUT2D eigenvalue weighted by Gasteiger charge is -2.11. The second-order valence-corrected chi connectivity index (χ2v) is 7.93. The van der Waals surface area contributed by atoms with E-state index in [0.29, 0.717) is 34.6 Å². The average Bonchev–Trinajstić information content (AvgIpc) is 3.17. The van der Waals surface area contributed by atoms with Crippen LogP contribution in [0, 0.1) is 0 Å². The number of nitrogens with one attached hydrogen (secondary N) is 1. The van der Waals surface area contributed by atoms with Gasteiger partial charge in [0.25, 0.3) is 0 Å². The Bertz CT molecular complexity index is 1250. The van der Waals surface area contributed by atoms with Gasteiger partial charge in [-0.15, -0.1) is 10.2 Å². The summed E-state index contributed by atoms with van der Waals surface area (Å²) in [5.74, 6) is 7.91. The quantitative estimate of drug-likeness (QED) is 0.313. The number of fused-ring (bicyclic) bond motifs is 1. The van der Waals surface area contributed by atoms with E-state index >= 15 is 0 Å². The smallest absolute Gasteiger partial charge is 0.234 e. The summed E-state index contributed by atoms with van der Waals surface area (Å²) >= 11 is 1.22. The van der Waals surface area contributed by atoms with Crippen molar-refractivity contribution in [3.8, 4) is 11.5 Å². The predicted octanol–water partition coefficient (Wildman–Crippen LogP) is 3.48. The lowest BCUT2D eigenvalue weighted by molar-refractivity contribution is -0.113. The van der Waals surface area contributed by atoms with Crippen molar-refractivity contribution in [1.82, 2.24) is 14.9 Å². The van der Waals surface area contributed by atoms with Crippen LogP contribution < -0.4 is 20.6 Å². The second kappa shape index (κ2) is 9.61. The Balaban J connectivity index is 1.41. The number of aromatic nitrogens is 3. The highest BCUT2D eigenvalue weighted by molar-refractivity contribution is 7.99. The first-order valence-electron chi connectivity index (χ1n) is 9.89. The molecule has 0 bridgehead atoms. The first kappa shape index (κ1) is 21.5. The van der Waals surface area contributed by atoms with E-state index in [4.69, 9.17) is 15.3 Å². The van der Waals surface area contributed by atoms with Crippen molar-refractivity contribution in [2.45, 2.75) is 11.6 Å². The monoisotopic (exact) mass is 449 g/mol. The van der Waals surface area contributed by atoms with E-state index in [0.717, 1.165) is 16.3 Å². The molecular formula is C23H23N5O3S. The SMILES string of the molecule is COc1ccc(NC(=O)CSc2nnc(Cc3cccc4ccccc34)n2N)c(OC)c1. The highest BCUT2D eigenvalue weighted by Crippen LogP contribution is 2.29. The molecule has 164 valence electrons. The Labute approximate surface area is 189 Å². The number of rotatable bonds is 8. The van der Waals surface area contributed by atoms with Crippen molar-refractivity contribution >= 4 is 34.1 Å². The molecule has 9 heteroatoms. The fourth-order valence-corrected chi connectivity index (χ4v) is 4.04. The molecule has 0 spiro atoms. The zero-order chi connectivity index (χ0) is 22.5. The molecule has 0 atom stereocenters. The van der Waals surface area contributed by atoms with E-state index in [1.54, 1.807) is 25.3 Å². The maximum atomic E-state index is 12.4. The van der Waals surface area contributed by atoms with E-state index in [9.17, 15) is 4.79 Å². The molecule has 0 saturated heterocycles. The van der Waals surface area contributed by atoms with Gasteiger partial charge in [0.05, 0.1) is 25.7 Å². The van der Waals surface area contributed by atoms with Crippen LogP contribution in [0.4, 0.5) is 5.69 Å². The summed E-state index contributed by atoms with van der Waals surface area (Å²) in [5.41, 5.74) is 1.67. The molecule has 32 heavy (non-hydrogen) atoms. The Morgan fingerprint density at radius 2 is 1.88 bits per heavy atom. The Morgan fingerprint density at radius 1 is 1.06 bits per heavy atom. The third kappa shape index (κ3) is 4.62. The number of thioether (sulfide) groups is 1. The maximum absolute atomic E-state index is 12.4. The molecule has 4 aromatic rings. The molecule has 0 aliphatic rings. The molecule has 1 aromatic heterocycles. The molecule has 1 amide bonds. The number of benzene rings is 3. The Hall–Kier alpha value is -3.72. The molecule has 8 nitrogen and oxygen atoms in total. The molecule has 3 N–H and O–H groups in total. The molecule has 0 saturated carbocycles. The number of nitrogens with zero attached hydrogens (tertiary/aromatic N) is 3. The lowest BCUT2D eigenvalue weighted by Crippen LogP contribution is -2.17. The topological polar surface area (TPSA) is 104 Å². The number of carbonyl (C=O) groups is 1. The lowest BCUT2D eigenvalue weighted by atomic mass is 10.0. The first-order chi connectivity index (χ1) is 15.6. The normalized spacial score (nSPS) is 10.8. The van der Waals surface area contributed by atoms with Gasteiger partial charge in [0, 0.05) is 12.5 Å². The number of anilines is 1. The van der Waals surface area contributed by atoms with Gasteiger partial charge in [-0.25, -0.2) is 4.68 Å². The van der Waals surface area contributed by atoms with Crippen LogP contribution in [0.15, 0.2) is 65.8 Å². The van der Waals surface area contributed by atoms with Gasteiger partial charge in [-0.3, -0.25) is 4.79 Å². The summed E-state index contributed by atoms with van der Waals surface area (Å²) in [7, 11) is 3.11. The summed E-state index contributed by atoms with van der Waals surface area (Å²) in [5, 5.41) is 14.0. The minimum atomic E-state index is -0.211. The van der Waals surface area contributed by atoms with E-state index in [1.807, 2.05) is 18.2 Å². The summed E-state index contributed by atoms with van der Waals surface area (Å²) in [6, 6.07) is 19.5. The Morgan fingerprint density at radius 3 is 2.69 bits per heavy atom. The third-order valence-electron chi connectivity index (χ3n) is 4.98. The molecule has 0 unspecified atom stereocenters. The molecule has 0 aliphatic carbocycles. The van der Waals surface area contributed by atoms with Crippen LogP contribution in [0.1, 0.15) is 11.4 Å². The highest BCUT2D eigenvalue weighted by atomic mass is 32.2. The van der Waals surface area contributed by atoms with Gasteiger partial charge in [0.1, 0.15) is 11.5 Å². The second-order valence-electron chi connectivity index (χ2n) is 6.99. The van der Waals surface area contributed by atoms with Crippen molar-refractivity contribution in [1.29, 1.82) is 0 Å². The number of carbonyl (C=O) groups excluding carboxylic acids is 1. The number of hydrogen-bond acceptors (Lipinski definition) is 7. The molecule has 0 aliphatic heterocycles. The third-order valence-corrected chi connectivity index (χ3v) is 5.92. The predicted molar refractivity (Wildman–Crippen MR) is 126 cm³/mol. The van der Waals surface area contributed by atoms with Crippen LogP contribution in [0.2, 0.25) is 0 Å². The molecule has 0 radical (unpaired) electrons. The van der Waals surface area contributed by atoms with Crippen LogP contribution in [0.25, 0.3) is 10.8 Å². The maximum Gasteiger partial charge on any atom is 0.234 e. The van der Waals surface area contributed by atoms with Gasteiger partial charge in [0.2, 0.25) is 11.1 Å². The molecular weight excluding hydrogens is 426 g/mol. The molecule has 0 fully saturated rings.